The largest absolute Gasteiger partial charge is 0.495 e. The molecule has 0 radical (unpaired) electrons. The molecule has 1 aliphatic rings. The number of amides is 1. The lowest BCUT2D eigenvalue weighted by atomic mass is 10.2. The fourth-order valence-corrected chi connectivity index (χ4v) is 7.11. The molecule has 0 bridgehead atoms. The number of hydrogen-bond acceptors (Lipinski definition) is 9. The molecule has 10 nitrogen and oxygen atoms in total. The number of thiazole rings is 1. The number of ether oxygens (including phenoxy) is 3. The van der Waals surface area contributed by atoms with Gasteiger partial charge in [-0.3, -0.25) is 18.9 Å². The molecule has 5 rings (SSSR count). The number of nitrogens with zero attached hydrogens (tertiary/aromatic N) is 4. The molecule has 0 aliphatic carbocycles. The number of fused-ring (bicyclic) bond motifs is 1. The summed E-state index contributed by atoms with van der Waals surface area (Å²) in [6.45, 7) is 4.36. The van der Waals surface area contributed by atoms with Crippen LogP contribution in [0.2, 0.25) is 0 Å². The maximum absolute atomic E-state index is 14.0. The van der Waals surface area contributed by atoms with Crippen LogP contribution in [0.25, 0.3) is 10.2 Å². The molecule has 4 aromatic rings. The van der Waals surface area contributed by atoms with Crippen molar-refractivity contribution in [3.63, 3.8) is 0 Å². The van der Waals surface area contributed by atoms with Crippen molar-refractivity contribution in [2.24, 2.45) is 0 Å². The third-order valence-corrected chi connectivity index (χ3v) is 10.1. The highest BCUT2D eigenvalue weighted by molar-refractivity contribution is 7.92. The molecule has 0 saturated carbocycles. The number of anilines is 2. The average Bonchev–Trinajstić information content (AvgIpc) is 3.48. The van der Waals surface area contributed by atoms with Gasteiger partial charge in [0.15, 0.2) is 5.13 Å². The number of morpholine rings is 1. The van der Waals surface area contributed by atoms with Gasteiger partial charge in [0.2, 0.25) is 0 Å². The number of halogens is 1. The molecule has 0 spiro atoms. The van der Waals surface area contributed by atoms with E-state index in [9.17, 15) is 13.2 Å². The van der Waals surface area contributed by atoms with Gasteiger partial charge in [0, 0.05) is 38.8 Å². The molecule has 43 heavy (non-hydrogen) atoms. The minimum atomic E-state index is -3.81. The van der Waals surface area contributed by atoms with Crippen LogP contribution in [-0.2, 0) is 14.8 Å². The smallest absolute Gasteiger partial charge is 0.264 e. The molecule has 1 saturated heterocycles. The van der Waals surface area contributed by atoms with Crippen LogP contribution in [0.15, 0.2) is 71.6 Å². The number of methoxy groups -OCH3 is 2. The Hall–Kier alpha value is -3.42. The first-order valence-corrected chi connectivity index (χ1v) is 15.9. The third-order valence-electron chi connectivity index (χ3n) is 7.21. The second-order valence-electron chi connectivity index (χ2n) is 9.74. The van der Waals surface area contributed by atoms with Crippen LogP contribution in [0.4, 0.5) is 10.8 Å². The highest BCUT2D eigenvalue weighted by atomic mass is 35.5. The molecular formula is C30H35ClN4O6S2. The van der Waals surface area contributed by atoms with Crippen molar-refractivity contribution in [3.8, 4) is 11.5 Å². The highest BCUT2D eigenvalue weighted by Crippen LogP contribution is 2.40. The normalized spacial score (nSPS) is 13.7. The average molecular weight is 647 g/mol. The summed E-state index contributed by atoms with van der Waals surface area (Å²) in [5, 5.41) is 0.514. The number of sulfonamides is 1. The second-order valence-corrected chi connectivity index (χ2v) is 12.7. The van der Waals surface area contributed by atoms with E-state index in [1.54, 1.807) is 61.6 Å². The van der Waals surface area contributed by atoms with Crippen LogP contribution >= 0.6 is 23.7 Å². The van der Waals surface area contributed by atoms with Crippen molar-refractivity contribution in [3.05, 3.63) is 72.3 Å². The van der Waals surface area contributed by atoms with Crippen molar-refractivity contribution in [1.29, 1.82) is 0 Å². The summed E-state index contributed by atoms with van der Waals surface area (Å²) >= 11 is 1.36. The van der Waals surface area contributed by atoms with Crippen LogP contribution in [0.5, 0.6) is 11.5 Å². The first kappa shape index (κ1) is 32.5. The van der Waals surface area contributed by atoms with Gasteiger partial charge in [-0.2, -0.15) is 0 Å². The first-order valence-electron chi connectivity index (χ1n) is 13.6. The van der Waals surface area contributed by atoms with E-state index in [-0.39, 0.29) is 23.2 Å². The molecule has 2 heterocycles. The van der Waals surface area contributed by atoms with Crippen LogP contribution in [-0.4, -0.2) is 84.9 Å². The minimum Gasteiger partial charge on any atom is -0.495 e. The number of benzene rings is 3. The fraction of sp³-hybridized carbons (Fsp3) is 0.333. The van der Waals surface area contributed by atoms with Gasteiger partial charge >= 0.3 is 0 Å². The maximum atomic E-state index is 14.0. The van der Waals surface area contributed by atoms with Crippen molar-refractivity contribution >= 4 is 60.7 Å². The van der Waals surface area contributed by atoms with Crippen molar-refractivity contribution in [2.75, 3.05) is 69.9 Å². The molecule has 1 amide bonds. The van der Waals surface area contributed by atoms with Gasteiger partial charge in [0.25, 0.3) is 15.9 Å². The fourth-order valence-electron chi connectivity index (χ4n) is 4.81. The van der Waals surface area contributed by atoms with E-state index >= 15 is 0 Å². The van der Waals surface area contributed by atoms with Crippen LogP contribution in [0.3, 0.4) is 0 Å². The standard InChI is InChI=1S/C30H34N4O6S2.ClH/c1-32(23-8-5-4-6-9-23)42(36,37)24-12-10-22(11-13-24)29(35)34(17-7-16-33-18-20-40-21-19-33)30-31-27-25(38-2)14-15-26(39-3)28(27)41-30;/h4-6,8-15H,7,16-21H2,1-3H3;1H. The second kappa shape index (κ2) is 14.4. The van der Waals surface area contributed by atoms with Crippen molar-refractivity contribution in [1.82, 2.24) is 9.88 Å². The summed E-state index contributed by atoms with van der Waals surface area (Å²) in [4.78, 5) is 22.8. The Morgan fingerprint density at radius 3 is 2.28 bits per heavy atom. The van der Waals surface area contributed by atoms with E-state index < -0.39 is 10.0 Å². The molecule has 230 valence electrons. The number of rotatable bonds is 11. The molecule has 13 heteroatoms. The number of carbonyl (C=O) groups is 1. The lowest BCUT2D eigenvalue weighted by Gasteiger charge is -2.27. The Morgan fingerprint density at radius 2 is 1.63 bits per heavy atom. The summed E-state index contributed by atoms with van der Waals surface area (Å²) in [5.41, 5.74) is 1.53. The van der Waals surface area contributed by atoms with Crippen molar-refractivity contribution in [2.45, 2.75) is 11.3 Å². The lowest BCUT2D eigenvalue weighted by Crippen LogP contribution is -2.39. The summed E-state index contributed by atoms with van der Waals surface area (Å²) in [6.07, 6.45) is 0.726. The minimum absolute atomic E-state index is 0. The zero-order valence-electron chi connectivity index (χ0n) is 24.3. The maximum Gasteiger partial charge on any atom is 0.264 e. The molecular weight excluding hydrogens is 612 g/mol. The van der Waals surface area contributed by atoms with E-state index in [2.05, 4.69) is 4.90 Å². The molecule has 0 unspecified atom stereocenters. The molecule has 1 fully saturated rings. The molecule has 1 aromatic heterocycles. The highest BCUT2D eigenvalue weighted by Gasteiger charge is 2.26. The molecule has 0 N–H and O–H groups in total. The topological polar surface area (TPSA) is 102 Å². The summed E-state index contributed by atoms with van der Waals surface area (Å²) in [7, 11) is 0.872. The van der Waals surface area contributed by atoms with E-state index in [0.717, 1.165) is 30.8 Å². The number of carbonyl (C=O) groups excluding carboxylic acids is 1. The van der Waals surface area contributed by atoms with Crippen LogP contribution < -0.4 is 18.7 Å². The summed E-state index contributed by atoms with van der Waals surface area (Å²) in [5.74, 6) is 0.966. The number of hydrogen-bond donors (Lipinski definition) is 0. The van der Waals surface area contributed by atoms with Crippen molar-refractivity contribution < 1.29 is 27.4 Å². The number of para-hydroxylation sites is 1. The summed E-state index contributed by atoms with van der Waals surface area (Å²) in [6, 6.07) is 18.5. The predicted molar refractivity (Wildman–Crippen MR) is 172 cm³/mol. The molecule has 0 atom stereocenters. The Labute approximate surface area is 262 Å². The lowest BCUT2D eigenvalue weighted by molar-refractivity contribution is 0.0376. The van der Waals surface area contributed by atoms with Gasteiger partial charge in [-0.1, -0.05) is 29.5 Å². The predicted octanol–water partition coefficient (Wildman–Crippen LogP) is 4.93. The monoisotopic (exact) mass is 646 g/mol. The Bertz CT molecular complexity index is 1590. The zero-order chi connectivity index (χ0) is 29.7. The third kappa shape index (κ3) is 7.05. The van der Waals surface area contributed by atoms with E-state index in [4.69, 9.17) is 19.2 Å². The van der Waals surface area contributed by atoms with Crippen LogP contribution in [0, 0.1) is 0 Å². The Kier molecular flexibility index (Phi) is 10.9. The van der Waals surface area contributed by atoms with Gasteiger partial charge in [-0.05, 0) is 55.0 Å². The zero-order valence-corrected chi connectivity index (χ0v) is 26.7. The number of aromatic nitrogens is 1. The van der Waals surface area contributed by atoms with E-state index in [1.165, 1.54) is 34.8 Å². The van der Waals surface area contributed by atoms with E-state index in [0.29, 0.717) is 53.2 Å². The molecule has 3 aromatic carbocycles. The molecule has 1 aliphatic heterocycles. The Morgan fingerprint density at radius 1 is 0.977 bits per heavy atom. The van der Waals surface area contributed by atoms with Gasteiger partial charge in [-0.25, -0.2) is 13.4 Å². The van der Waals surface area contributed by atoms with Crippen LogP contribution in [0.1, 0.15) is 16.8 Å². The summed E-state index contributed by atoms with van der Waals surface area (Å²) < 4.78 is 45.1. The van der Waals surface area contributed by atoms with Gasteiger partial charge < -0.3 is 14.2 Å². The quantitative estimate of drug-likeness (QED) is 0.226. The Balaban J connectivity index is 0.00000423. The van der Waals surface area contributed by atoms with Gasteiger partial charge in [0.05, 0.1) is 38.0 Å². The van der Waals surface area contributed by atoms with Gasteiger partial charge in [0.1, 0.15) is 21.7 Å². The van der Waals surface area contributed by atoms with Gasteiger partial charge in [-0.15, -0.1) is 12.4 Å². The SMILES string of the molecule is COc1ccc(OC)c2sc(N(CCCN3CCOCC3)C(=O)c3ccc(S(=O)(=O)N(C)c4ccccc4)cc3)nc12.Cl. The first-order chi connectivity index (χ1) is 20.3. The van der Waals surface area contributed by atoms with E-state index in [1.807, 2.05) is 12.1 Å².